The van der Waals surface area contributed by atoms with Crippen LogP contribution >= 0.6 is 11.6 Å². The lowest BCUT2D eigenvalue weighted by Crippen LogP contribution is -2.28. The molecule has 0 unspecified atom stereocenters. The molecule has 0 aliphatic carbocycles. The van der Waals surface area contributed by atoms with Crippen LogP contribution in [0.15, 0.2) is 12.3 Å². The molecule has 1 aliphatic heterocycles. The molecule has 2 rings (SSSR count). The fraction of sp³-hybridized carbons (Fsp3) is 0.400. The van der Waals surface area contributed by atoms with Gasteiger partial charge < -0.3 is 4.90 Å². The number of aromatic nitrogens is 1. The number of halogens is 2. The fourth-order valence-corrected chi connectivity index (χ4v) is 1.85. The van der Waals surface area contributed by atoms with Gasteiger partial charge in [-0.2, -0.15) is 0 Å². The molecule has 5 heteroatoms. The van der Waals surface area contributed by atoms with Gasteiger partial charge in [-0.1, -0.05) is 11.6 Å². The van der Waals surface area contributed by atoms with Crippen LogP contribution in [0.4, 0.5) is 4.39 Å². The molecule has 15 heavy (non-hydrogen) atoms. The van der Waals surface area contributed by atoms with Gasteiger partial charge in [0.1, 0.15) is 11.0 Å². The minimum absolute atomic E-state index is 0.0632. The van der Waals surface area contributed by atoms with Gasteiger partial charge in [0, 0.05) is 13.1 Å². The van der Waals surface area contributed by atoms with Gasteiger partial charge in [-0.15, -0.1) is 0 Å². The third-order valence-electron chi connectivity index (χ3n) is 2.43. The largest absolute Gasteiger partial charge is 0.339 e. The third-order valence-corrected chi connectivity index (χ3v) is 2.73. The molecule has 0 atom stereocenters. The van der Waals surface area contributed by atoms with Gasteiger partial charge in [-0.3, -0.25) is 4.79 Å². The van der Waals surface area contributed by atoms with Gasteiger partial charge >= 0.3 is 0 Å². The molecule has 0 radical (unpaired) electrons. The highest BCUT2D eigenvalue weighted by Gasteiger charge is 2.22. The monoisotopic (exact) mass is 228 g/mol. The lowest BCUT2D eigenvalue weighted by Gasteiger charge is -2.15. The lowest BCUT2D eigenvalue weighted by atomic mass is 10.2. The lowest BCUT2D eigenvalue weighted by molar-refractivity contribution is 0.0792. The molecule has 1 saturated heterocycles. The Morgan fingerprint density at radius 3 is 2.80 bits per heavy atom. The summed E-state index contributed by atoms with van der Waals surface area (Å²) >= 11 is 5.74. The summed E-state index contributed by atoms with van der Waals surface area (Å²) in [5.74, 6) is -0.772. The van der Waals surface area contributed by atoms with Crippen LogP contribution in [0.2, 0.25) is 5.15 Å². The predicted octanol–water partition coefficient (Wildman–Crippen LogP) is 2.11. The maximum absolute atomic E-state index is 12.9. The minimum Gasteiger partial charge on any atom is -0.339 e. The Kier molecular flexibility index (Phi) is 2.86. The van der Waals surface area contributed by atoms with Crippen LogP contribution in [-0.4, -0.2) is 28.9 Å². The van der Waals surface area contributed by atoms with E-state index >= 15 is 0 Å². The maximum Gasteiger partial charge on any atom is 0.257 e. The predicted molar refractivity (Wildman–Crippen MR) is 54.3 cm³/mol. The quantitative estimate of drug-likeness (QED) is 0.690. The molecule has 1 fully saturated rings. The molecule has 0 N–H and O–H groups in total. The van der Waals surface area contributed by atoms with Crippen molar-refractivity contribution in [1.82, 2.24) is 9.88 Å². The Balaban J connectivity index is 2.27. The minimum atomic E-state index is -0.540. The molecule has 0 spiro atoms. The summed E-state index contributed by atoms with van der Waals surface area (Å²) in [6, 6.07) is 1.13. The van der Waals surface area contributed by atoms with Gasteiger partial charge in [0.15, 0.2) is 0 Å². The zero-order valence-corrected chi connectivity index (χ0v) is 8.80. The molecule has 1 aromatic rings. The topological polar surface area (TPSA) is 33.2 Å². The standard InChI is InChI=1S/C10H10ClFN2O/c11-9-8(5-7(12)6-13-9)10(15)14-3-1-2-4-14/h5-6H,1-4H2. The number of likely N-dealkylation sites (tertiary alicyclic amines) is 1. The first-order chi connectivity index (χ1) is 7.18. The van der Waals surface area contributed by atoms with Crippen molar-refractivity contribution in [3.8, 4) is 0 Å². The number of hydrogen-bond donors (Lipinski definition) is 0. The number of rotatable bonds is 1. The van der Waals surface area contributed by atoms with E-state index in [0.29, 0.717) is 13.1 Å². The van der Waals surface area contributed by atoms with Crippen molar-refractivity contribution in [1.29, 1.82) is 0 Å². The Morgan fingerprint density at radius 1 is 1.47 bits per heavy atom. The number of hydrogen-bond acceptors (Lipinski definition) is 2. The first-order valence-electron chi connectivity index (χ1n) is 4.79. The highest BCUT2D eigenvalue weighted by Crippen LogP contribution is 2.18. The van der Waals surface area contributed by atoms with E-state index in [4.69, 9.17) is 11.6 Å². The Labute approximate surface area is 91.9 Å². The SMILES string of the molecule is O=C(c1cc(F)cnc1Cl)N1CCCC1. The maximum atomic E-state index is 12.9. The molecule has 0 saturated carbocycles. The van der Waals surface area contributed by atoms with Crippen molar-refractivity contribution in [2.24, 2.45) is 0 Å². The number of carbonyl (C=O) groups is 1. The van der Waals surface area contributed by atoms with Crippen molar-refractivity contribution >= 4 is 17.5 Å². The van der Waals surface area contributed by atoms with Gasteiger partial charge in [-0.05, 0) is 18.9 Å². The van der Waals surface area contributed by atoms with Crippen molar-refractivity contribution < 1.29 is 9.18 Å². The number of amides is 1. The summed E-state index contributed by atoms with van der Waals surface area (Å²) in [5, 5.41) is 0.0632. The highest BCUT2D eigenvalue weighted by atomic mass is 35.5. The molecule has 0 bridgehead atoms. The zero-order chi connectivity index (χ0) is 10.8. The zero-order valence-electron chi connectivity index (χ0n) is 8.04. The van der Waals surface area contributed by atoms with E-state index in [-0.39, 0.29) is 16.6 Å². The van der Waals surface area contributed by atoms with E-state index in [1.54, 1.807) is 4.90 Å². The molecule has 1 amide bonds. The van der Waals surface area contributed by atoms with E-state index in [0.717, 1.165) is 25.1 Å². The fourth-order valence-electron chi connectivity index (χ4n) is 1.66. The summed E-state index contributed by atoms with van der Waals surface area (Å²) in [6.07, 6.45) is 2.99. The number of nitrogens with zero attached hydrogens (tertiary/aromatic N) is 2. The Bertz CT molecular complexity index is 391. The molecule has 0 aromatic carbocycles. The molecule has 2 heterocycles. The van der Waals surface area contributed by atoms with Gasteiger partial charge in [0.2, 0.25) is 0 Å². The summed E-state index contributed by atoms with van der Waals surface area (Å²) in [6.45, 7) is 1.43. The number of pyridine rings is 1. The van der Waals surface area contributed by atoms with Crippen LogP contribution in [0.25, 0.3) is 0 Å². The molecule has 1 aliphatic rings. The molecule has 1 aromatic heterocycles. The van der Waals surface area contributed by atoms with Crippen LogP contribution in [0, 0.1) is 5.82 Å². The normalized spacial score (nSPS) is 15.7. The van der Waals surface area contributed by atoms with Gasteiger partial charge in [0.05, 0.1) is 11.8 Å². The molecule has 80 valence electrons. The molecular formula is C10H10ClFN2O. The van der Waals surface area contributed by atoms with E-state index < -0.39 is 5.82 Å². The first-order valence-corrected chi connectivity index (χ1v) is 5.16. The van der Waals surface area contributed by atoms with Crippen LogP contribution < -0.4 is 0 Å². The average Bonchev–Trinajstić information content (AvgIpc) is 2.74. The second-order valence-corrected chi connectivity index (χ2v) is 3.85. The third kappa shape index (κ3) is 2.09. The van der Waals surface area contributed by atoms with Crippen LogP contribution in [0.3, 0.4) is 0 Å². The van der Waals surface area contributed by atoms with Crippen molar-refractivity contribution in [3.05, 3.63) is 28.8 Å². The Hall–Kier alpha value is -1.16. The molecule has 3 nitrogen and oxygen atoms in total. The molecular weight excluding hydrogens is 219 g/mol. The second-order valence-electron chi connectivity index (χ2n) is 3.49. The summed E-state index contributed by atoms with van der Waals surface area (Å²) in [7, 11) is 0. The number of carbonyl (C=O) groups excluding carboxylic acids is 1. The van der Waals surface area contributed by atoms with E-state index in [2.05, 4.69) is 4.98 Å². The van der Waals surface area contributed by atoms with Gasteiger partial charge in [0.25, 0.3) is 5.91 Å². The first kappa shape index (κ1) is 10.4. The van der Waals surface area contributed by atoms with Crippen LogP contribution in [-0.2, 0) is 0 Å². The smallest absolute Gasteiger partial charge is 0.257 e. The van der Waals surface area contributed by atoms with E-state index in [1.165, 1.54) is 0 Å². The van der Waals surface area contributed by atoms with Crippen molar-refractivity contribution in [2.75, 3.05) is 13.1 Å². The summed E-state index contributed by atoms with van der Waals surface area (Å²) < 4.78 is 12.9. The average molecular weight is 229 g/mol. The highest BCUT2D eigenvalue weighted by molar-refractivity contribution is 6.32. The van der Waals surface area contributed by atoms with Crippen molar-refractivity contribution in [3.63, 3.8) is 0 Å². The summed E-state index contributed by atoms with van der Waals surface area (Å²) in [4.78, 5) is 17.1. The van der Waals surface area contributed by atoms with Crippen LogP contribution in [0.5, 0.6) is 0 Å². The van der Waals surface area contributed by atoms with E-state index in [9.17, 15) is 9.18 Å². The summed E-state index contributed by atoms with van der Waals surface area (Å²) in [5.41, 5.74) is 0.151. The van der Waals surface area contributed by atoms with Crippen molar-refractivity contribution in [2.45, 2.75) is 12.8 Å². The van der Waals surface area contributed by atoms with Crippen LogP contribution in [0.1, 0.15) is 23.2 Å². The second kappa shape index (κ2) is 4.14. The van der Waals surface area contributed by atoms with Gasteiger partial charge in [-0.25, -0.2) is 9.37 Å². The van der Waals surface area contributed by atoms with E-state index in [1.807, 2.05) is 0 Å². The Morgan fingerprint density at radius 2 is 2.13 bits per heavy atom.